The summed E-state index contributed by atoms with van der Waals surface area (Å²) in [5, 5.41) is 17.8. The molecule has 4 N–H and O–H groups in total. The molecule has 0 radical (unpaired) electrons. The number of hydrogen-bond donors (Lipinski definition) is 4. The summed E-state index contributed by atoms with van der Waals surface area (Å²) in [6, 6.07) is 0. The summed E-state index contributed by atoms with van der Waals surface area (Å²) in [6.45, 7) is 23.5. The molecular weight excluding hydrogens is 696 g/mol. The first-order chi connectivity index (χ1) is 22.5. The van der Waals surface area contributed by atoms with Crippen LogP contribution in [0.4, 0.5) is 0 Å². The maximum absolute atomic E-state index is 10.4. The minimum Gasteiger partial charge on any atom is -0.393 e. The fraction of sp³-hybridized carbons (Fsp3) is 1.00. The molecule has 49 heavy (non-hydrogen) atoms. The number of hydrogen-bond acceptors (Lipinski definition) is 10. The Kier molecular flexibility index (Phi) is 35.6. The van der Waals surface area contributed by atoms with Gasteiger partial charge in [-0.05, 0) is 106 Å². The molecule has 2 fully saturated rings. The molecule has 13 heteroatoms. The summed E-state index contributed by atoms with van der Waals surface area (Å²) < 4.78 is 33.5. The van der Waals surface area contributed by atoms with Crippen molar-refractivity contribution in [1.29, 1.82) is 0 Å². The van der Waals surface area contributed by atoms with Crippen LogP contribution >= 0.6 is 0 Å². The zero-order valence-electron chi connectivity index (χ0n) is 33.7. The predicted molar refractivity (Wildman–Crippen MR) is 199 cm³/mol. The number of aliphatic hydroxyl groups excluding tert-OH is 2. The minimum absolute atomic E-state index is 0. The van der Waals surface area contributed by atoms with Crippen LogP contribution in [-0.4, -0.2) is 86.7 Å². The summed E-state index contributed by atoms with van der Waals surface area (Å²) in [5.41, 5.74) is 0. The Bertz CT molecular complexity index is 597. The van der Waals surface area contributed by atoms with Crippen LogP contribution in [0, 0.1) is 0 Å². The Morgan fingerprint density at radius 1 is 0.408 bits per heavy atom. The van der Waals surface area contributed by atoms with Crippen molar-refractivity contribution in [1.82, 2.24) is 0 Å². The van der Waals surface area contributed by atoms with Crippen LogP contribution in [0.15, 0.2) is 0 Å². The molecule has 2 aliphatic carbocycles. The molecular formula is C36H80O10Si2Ti. The summed E-state index contributed by atoms with van der Waals surface area (Å²) in [5.74, 6) is 0. The Morgan fingerprint density at radius 2 is 0.571 bits per heavy atom. The van der Waals surface area contributed by atoms with Gasteiger partial charge in [0.15, 0.2) is 0 Å². The van der Waals surface area contributed by atoms with E-state index in [-0.39, 0.29) is 70.5 Å². The van der Waals surface area contributed by atoms with Crippen LogP contribution in [-0.2, 0) is 48.3 Å². The Balaban J connectivity index is -0.000000613. The van der Waals surface area contributed by atoms with Gasteiger partial charge in [0.25, 0.3) is 0 Å². The minimum atomic E-state index is -3.50. The Hall–Kier alpha value is 0.748. The first-order valence-corrected chi connectivity index (χ1v) is 22.7. The quantitative estimate of drug-likeness (QED) is 0.101. The second-order valence-corrected chi connectivity index (χ2v) is 17.2. The van der Waals surface area contributed by atoms with Crippen LogP contribution in [0.3, 0.4) is 0 Å². The van der Waals surface area contributed by atoms with E-state index in [1.165, 1.54) is 38.5 Å². The van der Waals surface area contributed by atoms with Crippen molar-refractivity contribution < 1.29 is 68.1 Å². The smallest absolute Gasteiger partial charge is 0.393 e. The molecule has 2 aliphatic rings. The summed E-state index contributed by atoms with van der Waals surface area (Å²) in [6.07, 6.45) is 16.4. The van der Waals surface area contributed by atoms with Gasteiger partial charge < -0.3 is 46.4 Å². The molecule has 2 saturated carbocycles. The van der Waals surface area contributed by atoms with Gasteiger partial charge in [0, 0.05) is 58.3 Å². The van der Waals surface area contributed by atoms with Gasteiger partial charge in [-0.2, -0.15) is 0 Å². The average molecular weight is 777 g/mol. The van der Waals surface area contributed by atoms with E-state index in [1.807, 2.05) is 83.1 Å². The van der Waals surface area contributed by atoms with E-state index in [4.69, 9.17) is 36.8 Å². The van der Waals surface area contributed by atoms with Crippen molar-refractivity contribution in [3.63, 3.8) is 0 Å². The SMILES string of the molecule is CCC(C)O[Si](O)(OC(C)CC)OC(C)CC.CCC(C)O[Si](O)(OC(C)CC)OC(C)CC.OC1CCCCC1.OC1CCCCC1.[Ti]. The van der Waals surface area contributed by atoms with Crippen LogP contribution in [0.5, 0.6) is 0 Å². The molecule has 0 aliphatic heterocycles. The van der Waals surface area contributed by atoms with Crippen LogP contribution in [0.25, 0.3) is 0 Å². The largest absolute Gasteiger partial charge is 0.677 e. The first-order valence-electron chi connectivity index (χ1n) is 19.4. The van der Waals surface area contributed by atoms with Gasteiger partial charge in [-0.3, -0.25) is 0 Å². The van der Waals surface area contributed by atoms with E-state index in [0.717, 1.165) is 64.2 Å². The molecule has 2 rings (SSSR count). The fourth-order valence-corrected chi connectivity index (χ4v) is 8.74. The van der Waals surface area contributed by atoms with Gasteiger partial charge in [0.2, 0.25) is 0 Å². The summed E-state index contributed by atoms with van der Waals surface area (Å²) in [4.78, 5) is 20.8. The monoisotopic (exact) mass is 776 g/mol. The van der Waals surface area contributed by atoms with Gasteiger partial charge >= 0.3 is 18.1 Å². The van der Waals surface area contributed by atoms with Crippen molar-refractivity contribution >= 4 is 18.1 Å². The van der Waals surface area contributed by atoms with Crippen molar-refractivity contribution in [2.75, 3.05) is 0 Å². The van der Waals surface area contributed by atoms with Crippen molar-refractivity contribution in [2.24, 2.45) is 0 Å². The van der Waals surface area contributed by atoms with E-state index in [1.54, 1.807) is 0 Å². The maximum Gasteiger partial charge on any atom is 0.677 e. The normalized spacial score (nSPS) is 21.6. The average Bonchev–Trinajstić information content (AvgIpc) is 3.05. The molecule has 0 aromatic heterocycles. The van der Waals surface area contributed by atoms with Gasteiger partial charge in [0.05, 0.1) is 12.2 Å². The van der Waals surface area contributed by atoms with Gasteiger partial charge in [-0.25, -0.2) is 0 Å². The zero-order chi connectivity index (χ0) is 37.2. The van der Waals surface area contributed by atoms with E-state index >= 15 is 0 Å². The van der Waals surface area contributed by atoms with Crippen LogP contribution < -0.4 is 0 Å². The molecule has 0 aromatic carbocycles. The molecule has 10 nitrogen and oxygen atoms in total. The summed E-state index contributed by atoms with van der Waals surface area (Å²) in [7, 11) is -7.00. The second kappa shape index (κ2) is 32.2. The van der Waals surface area contributed by atoms with Crippen LogP contribution in [0.1, 0.15) is 186 Å². The Morgan fingerprint density at radius 3 is 0.673 bits per heavy atom. The van der Waals surface area contributed by atoms with E-state index in [0.29, 0.717) is 0 Å². The predicted octanol–water partition coefficient (Wildman–Crippen LogP) is 8.34. The molecule has 296 valence electrons. The third-order valence-electron chi connectivity index (χ3n) is 8.70. The zero-order valence-corrected chi connectivity index (χ0v) is 37.2. The molecule has 0 bridgehead atoms. The van der Waals surface area contributed by atoms with Gasteiger partial charge in [-0.15, -0.1) is 0 Å². The van der Waals surface area contributed by atoms with Gasteiger partial charge in [-0.1, -0.05) is 80.1 Å². The number of aliphatic hydroxyl groups is 2. The third-order valence-corrected chi connectivity index (χ3v) is 12.9. The molecule has 0 amide bonds. The maximum atomic E-state index is 10.4. The third kappa shape index (κ3) is 30.9. The summed E-state index contributed by atoms with van der Waals surface area (Å²) >= 11 is 0. The molecule has 6 unspecified atom stereocenters. The van der Waals surface area contributed by atoms with Crippen molar-refractivity contribution in [3.05, 3.63) is 0 Å². The topological polar surface area (TPSA) is 136 Å². The Labute approximate surface area is 319 Å². The van der Waals surface area contributed by atoms with Crippen LogP contribution in [0.2, 0.25) is 0 Å². The molecule has 6 atom stereocenters. The van der Waals surface area contributed by atoms with E-state index in [9.17, 15) is 9.59 Å². The molecule has 0 heterocycles. The second-order valence-electron chi connectivity index (χ2n) is 13.7. The first kappa shape index (κ1) is 54.1. The number of rotatable bonds is 18. The standard InChI is InChI=1S/2C12H28O4Si.2C6H12O.Ti/c2*1-7-10(4)14-17(13,15-11(5)8-2)16-12(6)9-3;2*7-6-4-2-1-3-5-6;/h2*10-13H,7-9H2,1-6H3;2*6-7H,1-5H2;. The van der Waals surface area contributed by atoms with E-state index in [2.05, 4.69) is 0 Å². The molecule has 0 spiro atoms. The van der Waals surface area contributed by atoms with Crippen molar-refractivity contribution in [2.45, 2.75) is 235 Å². The van der Waals surface area contributed by atoms with E-state index < -0.39 is 18.1 Å². The van der Waals surface area contributed by atoms with Crippen molar-refractivity contribution in [3.8, 4) is 0 Å². The fourth-order valence-electron chi connectivity index (χ4n) is 4.35. The molecule has 0 aromatic rings. The van der Waals surface area contributed by atoms with Gasteiger partial charge in [0.1, 0.15) is 0 Å². The molecule has 0 saturated heterocycles.